The van der Waals surface area contributed by atoms with Gasteiger partial charge in [-0.1, -0.05) is 172 Å². The lowest BCUT2D eigenvalue weighted by molar-refractivity contribution is 0.306. The molecule has 0 heterocycles. The summed E-state index contributed by atoms with van der Waals surface area (Å²) in [6.07, 6.45) is 22.6. The van der Waals surface area contributed by atoms with Gasteiger partial charge < -0.3 is 14.2 Å². The Morgan fingerprint density at radius 2 is 0.609 bits per heavy atom. The molecule has 0 aliphatic carbocycles. The zero-order valence-electron chi connectivity index (χ0n) is 29.4. The van der Waals surface area contributed by atoms with E-state index in [9.17, 15) is 0 Å². The van der Waals surface area contributed by atoms with Crippen LogP contribution in [-0.2, 0) is 0 Å². The highest BCUT2D eigenvalue weighted by molar-refractivity contribution is 7.80. The number of ether oxygens (including phenoxy) is 3. The van der Waals surface area contributed by atoms with Gasteiger partial charge in [0.2, 0.25) is 0 Å². The molecule has 0 aliphatic rings. The van der Waals surface area contributed by atoms with Crippen LogP contribution >= 0.6 is 7.92 Å². The van der Waals surface area contributed by atoms with Crippen LogP contribution in [0, 0.1) is 0 Å². The number of hydrogen-bond donors (Lipinski definition) is 0. The summed E-state index contributed by atoms with van der Waals surface area (Å²) in [7, 11) is -0.981. The molecular formula is C42H63O3P. The maximum Gasteiger partial charge on any atom is 0.127 e. The summed E-state index contributed by atoms with van der Waals surface area (Å²) in [5.74, 6) is 2.95. The molecule has 0 spiro atoms. The summed E-state index contributed by atoms with van der Waals surface area (Å²) in [5.41, 5.74) is 0. The van der Waals surface area contributed by atoms with Crippen LogP contribution < -0.4 is 30.1 Å². The van der Waals surface area contributed by atoms with Gasteiger partial charge in [-0.15, -0.1) is 0 Å². The van der Waals surface area contributed by atoms with Gasteiger partial charge in [-0.05, 0) is 45.4 Å². The summed E-state index contributed by atoms with van der Waals surface area (Å²) in [4.78, 5) is 0. The molecule has 0 amide bonds. The van der Waals surface area contributed by atoms with Crippen molar-refractivity contribution in [3.63, 3.8) is 0 Å². The molecule has 0 saturated heterocycles. The molecule has 0 fully saturated rings. The van der Waals surface area contributed by atoms with Gasteiger partial charge in [0, 0.05) is 15.9 Å². The predicted molar refractivity (Wildman–Crippen MR) is 202 cm³/mol. The van der Waals surface area contributed by atoms with Crippen LogP contribution in [-0.4, -0.2) is 19.8 Å². The van der Waals surface area contributed by atoms with E-state index in [0.29, 0.717) is 0 Å². The molecule has 0 bridgehead atoms. The topological polar surface area (TPSA) is 27.7 Å². The zero-order valence-corrected chi connectivity index (χ0v) is 30.3. The van der Waals surface area contributed by atoms with E-state index in [2.05, 4.69) is 93.6 Å². The molecule has 0 aromatic heterocycles. The highest BCUT2D eigenvalue weighted by atomic mass is 31.1. The van der Waals surface area contributed by atoms with E-state index in [1.54, 1.807) is 0 Å². The second-order valence-corrected chi connectivity index (χ2v) is 14.7. The zero-order chi connectivity index (χ0) is 32.5. The second-order valence-electron chi connectivity index (χ2n) is 12.6. The van der Waals surface area contributed by atoms with Crippen LogP contribution in [0.1, 0.15) is 136 Å². The van der Waals surface area contributed by atoms with Crippen molar-refractivity contribution in [3.8, 4) is 17.2 Å². The predicted octanol–water partition coefficient (Wildman–Crippen LogP) is 11.7. The molecule has 4 heteroatoms. The van der Waals surface area contributed by atoms with Crippen LogP contribution in [0.2, 0.25) is 0 Å². The fourth-order valence-corrected chi connectivity index (χ4v) is 8.44. The summed E-state index contributed by atoms with van der Waals surface area (Å²) in [6, 6.07) is 26.0. The SMILES string of the molecule is CCCCCCCCOc1ccccc1P(c1ccccc1OCCCCCCCC)c1ccccc1OCCCCCCCC. The average Bonchev–Trinajstić information content (AvgIpc) is 3.09. The van der Waals surface area contributed by atoms with Crippen molar-refractivity contribution in [2.45, 2.75) is 136 Å². The van der Waals surface area contributed by atoms with Gasteiger partial charge in [0.25, 0.3) is 0 Å². The van der Waals surface area contributed by atoms with Crippen LogP contribution in [0.3, 0.4) is 0 Å². The monoisotopic (exact) mass is 646 g/mol. The number of unbranched alkanes of at least 4 members (excludes halogenated alkanes) is 15. The third kappa shape index (κ3) is 14.1. The minimum atomic E-state index is -0.981. The highest BCUT2D eigenvalue weighted by Crippen LogP contribution is 2.42. The molecule has 3 aromatic carbocycles. The first-order valence-corrected chi connectivity index (χ1v) is 20.1. The summed E-state index contributed by atoms with van der Waals surface area (Å²) in [5, 5.41) is 3.69. The van der Waals surface area contributed by atoms with Gasteiger partial charge in [0.1, 0.15) is 17.2 Å². The van der Waals surface area contributed by atoms with E-state index in [1.807, 2.05) is 0 Å². The number of benzene rings is 3. The van der Waals surface area contributed by atoms with Crippen molar-refractivity contribution in [2.75, 3.05) is 19.8 Å². The molecule has 3 rings (SSSR count). The van der Waals surface area contributed by atoms with Gasteiger partial charge >= 0.3 is 0 Å². The van der Waals surface area contributed by atoms with E-state index >= 15 is 0 Å². The van der Waals surface area contributed by atoms with Crippen molar-refractivity contribution in [3.05, 3.63) is 72.8 Å². The molecular weight excluding hydrogens is 583 g/mol. The normalized spacial score (nSPS) is 11.2. The smallest absolute Gasteiger partial charge is 0.127 e. The summed E-state index contributed by atoms with van der Waals surface area (Å²) < 4.78 is 19.7. The molecule has 0 saturated carbocycles. The lowest BCUT2D eigenvalue weighted by atomic mass is 10.1. The Hall–Kier alpha value is -2.51. The molecule has 0 aliphatic heterocycles. The Balaban J connectivity index is 1.85. The first-order valence-electron chi connectivity index (χ1n) is 18.8. The van der Waals surface area contributed by atoms with Gasteiger partial charge in [-0.25, -0.2) is 0 Å². The summed E-state index contributed by atoms with van der Waals surface area (Å²) >= 11 is 0. The maximum atomic E-state index is 6.57. The van der Waals surface area contributed by atoms with E-state index in [0.717, 1.165) is 56.3 Å². The van der Waals surface area contributed by atoms with Crippen molar-refractivity contribution in [1.29, 1.82) is 0 Å². The Morgan fingerprint density at radius 1 is 0.348 bits per heavy atom. The largest absolute Gasteiger partial charge is 0.493 e. The Morgan fingerprint density at radius 3 is 0.913 bits per heavy atom. The molecule has 3 aromatic rings. The van der Waals surface area contributed by atoms with E-state index in [-0.39, 0.29) is 0 Å². The fraction of sp³-hybridized carbons (Fsp3) is 0.571. The first kappa shape index (κ1) is 37.9. The van der Waals surface area contributed by atoms with Crippen LogP contribution in [0.4, 0.5) is 0 Å². The van der Waals surface area contributed by atoms with Crippen LogP contribution in [0.25, 0.3) is 0 Å². The first-order chi connectivity index (χ1) is 22.8. The lowest BCUT2D eigenvalue weighted by Crippen LogP contribution is -2.25. The van der Waals surface area contributed by atoms with Crippen molar-refractivity contribution in [2.24, 2.45) is 0 Å². The lowest BCUT2D eigenvalue weighted by Gasteiger charge is -2.26. The Bertz CT molecular complexity index is 1030. The van der Waals surface area contributed by atoms with Gasteiger partial charge in [0.05, 0.1) is 19.8 Å². The molecule has 0 radical (unpaired) electrons. The van der Waals surface area contributed by atoms with Crippen molar-refractivity contribution >= 4 is 23.8 Å². The number of rotatable bonds is 27. The Labute approximate surface area is 283 Å². The third-order valence-electron chi connectivity index (χ3n) is 8.58. The van der Waals surface area contributed by atoms with Crippen LogP contribution in [0.15, 0.2) is 72.8 Å². The number of para-hydroxylation sites is 3. The maximum absolute atomic E-state index is 6.57. The summed E-state index contributed by atoms with van der Waals surface area (Å²) in [6.45, 7) is 9.06. The minimum absolute atomic E-state index is 0.749. The molecule has 3 nitrogen and oxygen atoms in total. The standard InChI is InChI=1S/C42H63O3P/c1-4-7-10-13-16-25-34-43-37-28-19-22-31-40(37)46(41-32-23-20-29-38(41)44-35-26-17-14-11-8-5-2)42-33-24-21-30-39(42)45-36-27-18-15-12-9-6-3/h19-24,28-33H,4-18,25-27,34-36H2,1-3H3. The highest BCUT2D eigenvalue weighted by Gasteiger charge is 2.26. The second kappa shape index (κ2) is 24.6. The number of hydrogen-bond acceptors (Lipinski definition) is 3. The molecule has 0 atom stereocenters. The van der Waals surface area contributed by atoms with Gasteiger partial charge in [-0.2, -0.15) is 0 Å². The Kier molecular flexibility index (Phi) is 20.3. The van der Waals surface area contributed by atoms with Crippen LogP contribution in [0.5, 0.6) is 17.2 Å². The van der Waals surface area contributed by atoms with E-state index in [1.165, 1.54) is 112 Å². The van der Waals surface area contributed by atoms with Gasteiger partial charge in [-0.3, -0.25) is 0 Å². The molecule has 0 N–H and O–H groups in total. The fourth-order valence-electron chi connectivity index (χ4n) is 5.87. The molecule has 46 heavy (non-hydrogen) atoms. The van der Waals surface area contributed by atoms with E-state index < -0.39 is 7.92 Å². The van der Waals surface area contributed by atoms with Crippen molar-refractivity contribution in [1.82, 2.24) is 0 Å². The van der Waals surface area contributed by atoms with Gasteiger partial charge in [0.15, 0.2) is 0 Å². The quantitative estimate of drug-likeness (QED) is 0.0609. The average molecular weight is 647 g/mol. The third-order valence-corrected chi connectivity index (χ3v) is 11.1. The van der Waals surface area contributed by atoms with E-state index in [4.69, 9.17) is 14.2 Å². The molecule has 254 valence electrons. The minimum Gasteiger partial charge on any atom is -0.493 e. The molecule has 0 unspecified atom stereocenters. The van der Waals surface area contributed by atoms with Crippen molar-refractivity contribution < 1.29 is 14.2 Å².